The smallest absolute Gasteiger partial charge is 0.337 e. The maximum atomic E-state index is 11.9. The number of rotatable bonds is 3. The SMILES string of the molecule is COC(=O)c1ccc(CN2CCCN(C)C2=O)cc1. The van der Waals surface area contributed by atoms with Gasteiger partial charge in [-0.3, -0.25) is 0 Å². The number of esters is 1. The highest BCUT2D eigenvalue weighted by molar-refractivity contribution is 5.89. The summed E-state index contributed by atoms with van der Waals surface area (Å²) in [7, 11) is 3.17. The number of hydrogen-bond acceptors (Lipinski definition) is 3. The first-order valence-corrected chi connectivity index (χ1v) is 6.29. The van der Waals surface area contributed by atoms with Crippen LogP contribution in [0.15, 0.2) is 24.3 Å². The van der Waals surface area contributed by atoms with E-state index in [9.17, 15) is 9.59 Å². The molecule has 0 bridgehead atoms. The van der Waals surface area contributed by atoms with Crippen molar-refractivity contribution in [2.24, 2.45) is 0 Å². The third kappa shape index (κ3) is 3.05. The van der Waals surface area contributed by atoms with E-state index < -0.39 is 0 Å². The van der Waals surface area contributed by atoms with Gasteiger partial charge in [0.2, 0.25) is 0 Å². The largest absolute Gasteiger partial charge is 0.465 e. The van der Waals surface area contributed by atoms with Gasteiger partial charge in [0, 0.05) is 26.7 Å². The van der Waals surface area contributed by atoms with Crippen LogP contribution < -0.4 is 0 Å². The summed E-state index contributed by atoms with van der Waals surface area (Å²) < 4.78 is 4.65. The van der Waals surface area contributed by atoms with Gasteiger partial charge in [-0.1, -0.05) is 12.1 Å². The lowest BCUT2D eigenvalue weighted by atomic mass is 10.1. The lowest BCUT2D eigenvalue weighted by molar-refractivity contribution is 0.0600. The summed E-state index contributed by atoms with van der Waals surface area (Å²) in [6.45, 7) is 2.17. The zero-order valence-electron chi connectivity index (χ0n) is 11.3. The molecule has 1 aromatic rings. The van der Waals surface area contributed by atoms with E-state index in [0.29, 0.717) is 12.1 Å². The lowest BCUT2D eigenvalue weighted by Gasteiger charge is -2.33. The van der Waals surface area contributed by atoms with Crippen molar-refractivity contribution in [3.8, 4) is 0 Å². The summed E-state index contributed by atoms with van der Waals surface area (Å²) in [5, 5.41) is 0. The molecule has 5 nitrogen and oxygen atoms in total. The number of nitrogens with zero attached hydrogens (tertiary/aromatic N) is 2. The summed E-state index contributed by atoms with van der Waals surface area (Å²) in [6, 6.07) is 7.21. The van der Waals surface area contributed by atoms with E-state index in [2.05, 4.69) is 4.74 Å². The molecule has 5 heteroatoms. The molecule has 1 aromatic carbocycles. The van der Waals surface area contributed by atoms with Crippen molar-refractivity contribution < 1.29 is 14.3 Å². The summed E-state index contributed by atoms with van der Waals surface area (Å²) in [5.41, 5.74) is 1.53. The molecule has 1 saturated heterocycles. The predicted molar refractivity (Wildman–Crippen MR) is 70.8 cm³/mol. The van der Waals surface area contributed by atoms with E-state index in [1.165, 1.54) is 7.11 Å². The Labute approximate surface area is 112 Å². The number of carbonyl (C=O) groups excluding carboxylic acids is 2. The highest BCUT2D eigenvalue weighted by Gasteiger charge is 2.22. The molecule has 19 heavy (non-hydrogen) atoms. The lowest BCUT2D eigenvalue weighted by Crippen LogP contribution is -2.46. The molecule has 102 valence electrons. The molecule has 2 rings (SSSR count). The number of benzene rings is 1. The molecule has 0 atom stereocenters. The summed E-state index contributed by atoms with van der Waals surface area (Å²) >= 11 is 0. The van der Waals surface area contributed by atoms with Crippen molar-refractivity contribution >= 4 is 12.0 Å². The average Bonchev–Trinajstić information content (AvgIpc) is 2.44. The zero-order valence-corrected chi connectivity index (χ0v) is 11.3. The monoisotopic (exact) mass is 262 g/mol. The minimum absolute atomic E-state index is 0.0586. The second-order valence-electron chi connectivity index (χ2n) is 4.67. The van der Waals surface area contributed by atoms with Crippen LogP contribution in [0.1, 0.15) is 22.3 Å². The van der Waals surface area contributed by atoms with E-state index in [-0.39, 0.29) is 12.0 Å². The van der Waals surface area contributed by atoms with Crippen molar-refractivity contribution in [3.05, 3.63) is 35.4 Å². The number of hydrogen-bond donors (Lipinski definition) is 0. The number of ether oxygens (including phenoxy) is 1. The Balaban J connectivity index is 2.03. The Kier molecular flexibility index (Phi) is 4.04. The summed E-state index contributed by atoms with van der Waals surface area (Å²) in [5.74, 6) is -0.347. The number of urea groups is 1. The van der Waals surface area contributed by atoms with Gasteiger partial charge in [0.25, 0.3) is 0 Å². The third-order valence-corrected chi connectivity index (χ3v) is 3.27. The fraction of sp³-hybridized carbons (Fsp3) is 0.429. The van der Waals surface area contributed by atoms with Crippen LogP contribution in [0.3, 0.4) is 0 Å². The maximum Gasteiger partial charge on any atom is 0.337 e. The molecule has 0 spiro atoms. The first-order valence-electron chi connectivity index (χ1n) is 6.29. The van der Waals surface area contributed by atoms with E-state index in [1.54, 1.807) is 17.0 Å². The topological polar surface area (TPSA) is 49.9 Å². The van der Waals surface area contributed by atoms with Crippen LogP contribution in [0.25, 0.3) is 0 Å². The quantitative estimate of drug-likeness (QED) is 0.779. The van der Waals surface area contributed by atoms with Gasteiger partial charge in [-0.25, -0.2) is 9.59 Å². The van der Waals surface area contributed by atoms with E-state index in [0.717, 1.165) is 25.1 Å². The van der Waals surface area contributed by atoms with Gasteiger partial charge in [0.15, 0.2) is 0 Å². The minimum atomic E-state index is -0.347. The number of amides is 2. The zero-order chi connectivity index (χ0) is 13.8. The Morgan fingerprint density at radius 2 is 1.95 bits per heavy atom. The van der Waals surface area contributed by atoms with Crippen molar-refractivity contribution in [1.29, 1.82) is 0 Å². The molecule has 1 heterocycles. The Bertz CT molecular complexity index is 470. The van der Waals surface area contributed by atoms with Gasteiger partial charge in [-0.05, 0) is 24.1 Å². The van der Waals surface area contributed by atoms with Crippen molar-refractivity contribution in [2.45, 2.75) is 13.0 Å². The Hall–Kier alpha value is -2.04. The van der Waals surface area contributed by atoms with Crippen LogP contribution in [-0.2, 0) is 11.3 Å². The van der Waals surface area contributed by atoms with Crippen LogP contribution >= 0.6 is 0 Å². The van der Waals surface area contributed by atoms with Gasteiger partial charge in [-0.2, -0.15) is 0 Å². The fourth-order valence-corrected chi connectivity index (χ4v) is 2.16. The standard InChI is InChI=1S/C14H18N2O3/c1-15-8-3-9-16(14(15)18)10-11-4-6-12(7-5-11)13(17)19-2/h4-7H,3,8-10H2,1-2H3. The predicted octanol–water partition coefficient (Wildman–Crippen LogP) is 1.73. The van der Waals surface area contributed by atoms with Gasteiger partial charge < -0.3 is 14.5 Å². The van der Waals surface area contributed by atoms with Gasteiger partial charge in [-0.15, -0.1) is 0 Å². The van der Waals surface area contributed by atoms with E-state index >= 15 is 0 Å². The van der Waals surface area contributed by atoms with Crippen LogP contribution in [0.2, 0.25) is 0 Å². The van der Waals surface area contributed by atoms with Crippen molar-refractivity contribution in [2.75, 3.05) is 27.2 Å². The normalized spacial score (nSPS) is 15.6. The van der Waals surface area contributed by atoms with Crippen LogP contribution in [0.5, 0.6) is 0 Å². The van der Waals surface area contributed by atoms with Crippen molar-refractivity contribution in [1.82, 2.24) is 9.80 Å². The molecule has 1 fully saturated rings. The third-order valence-electron chi connectivity index (χ3n) is 3.27. The molecule has 0 aliphatic carbocycles. The molecule has 0 aromatic heterocycles. The molecule has 0 N–H and O–H groups in total. The molecule has 0 saturated carbocycles. The van der Waals surface area contributed by atoms with Crippen LogP contribution in [0.4, 0.5) is 4.79 Å². The first-order chi connectivity index (χ1) is 9.11. The molecule has 0 unspecified atom stereocenters. The van der Waals surface area contributed by atoms with Gasteiger partial charge in [0.1, 0.15) is 0 Å². The Morgan fingerprint density at radius 1 is 1.26 bits per heavy atom. The highest BCUT2D eigenvalue weighted by Crippen LogP contribution is 2.13. The van der Waals surface area contributed by atoms with E-state index in [1.807, 2.05) is 24.1 Å². The van der Waals surface area contributed by atoms with E-state index in [4.69, 9.17) is 0 Å². The second-order valence-corrected chi connectivity index (χ2v) is 4.67. The molecular formula is C14H18N2O3. The van der Waals surface area contributed by atoms with Gasteiger partial charge in [0.05, 0.1) is 12.7 Å². The fourth-order valence-electron chi connectivity index (χ4n) is 2.16. The molecular weight excluding hydrogens is 244 g/mol. The molecule has 1 aliphatic heterocycles. The van der Waals surface area contributed by atoms with Crippen molar-refractivity contribution in [3.63, 3.8) is 0 Å². The summed E-state index contributed by atoms with van der Waals surface area (Å²) in [6.07, 6.45) is 0.989. The average molecular weight is 262 g/mol. The number of carbonyl (C=O) groups is 2. The Morgan fingerprint density at radius 3 is 2.58 bits per heavy atom. The molecule has 1 aliphatic rings. The summed E-state index contributed by atoms with van der Waals surface area (Å²) in [4.78, 5) is 26.8. The highest BCUT2D eigenvalue weighted by atomic mass is 16.5. The molecule has 0 radical (unpaired) electrons. The number of methoxy groups -OCH3 is 1. The second kappa shape index (κ2) is 5.73. The van der Waals surface area contributed by atoms with Crippen LogP contribution in [0, 0.1) is 0 Å². The minimum Gasteiger partial charge on any atom is -0.465 e. The maximum absolute atomic E-state index is 11.9. The first kappa shape index (κ1) is 13.4. The van der Waals surface area contributed by atoms with Gasteiger partial charge >= 0.3 is 12.0 Å². The molecule has 2 amide bonds. The van der Waals surface area contributed by atoms with Crippen LogP contribution in [-0.4, -0.2) is 49.0 Å².